The Kier molecular flexibility index (Phi) is 5.02. The van der Waals surface area contributed by atoms with Gasteiger partial charge in [-0.3, -0.25) is 0 Å². The summed E-state index contributed by atoms with van der Waals surface area (Å²) >= 11 is 3.57. The lowest BCUT2D eigenvalue weighted by molar-refractivity contribution is 0.104. The van der Waals surface area contributed by atoms with E-state index < -0.39 is 0 Å². The highest BCUT2D eigenvalue weighted by atomic mass is 79.9. The third-order valence-corrected chi connectivity index (χ3v) is 3.75. The molecule has 1 unspecified atom stereocenters. The Balaban J connectivity index is 2.90. The fourth-order valence-corrected chi connectivity index (χ4v) is 1.88. The van der Waals surface area contributed by atoms with Gasteiger partial charge in [0.15, 0.2) is 0 Å². The van der Waals surface area contributed by atoms with Gasteiger partial charge in [0, 0.05) is 6.04 Å². The van der Waals surface area contributed by atoms with E-state index in [1.54, 1.807) is 0 Å². The number of hydrogen-bond donors (Lipinski definition) is 1. The highest BCUT2D eigenvalue weighted by Gasteiger charge is 2.18. The molecule has 0 aliphatic rings. The largest absolute Gasteiger partial charge is 0.487 e. The summed E-state index contributed by atoms with van der Waals surface area (Å²) < 4.78 is 7.00. The van der Waals surface area contributed by atoms with Gasteiger partial charge < -0.3 is 10.1 Å². The Morgan fingerprint density at radius 1 is 1.41 bits per heavy atom. The number of nitrogens with one attached hydrogen (secondary N) is 1. The molecule has 1 atom stereocenters. The van der Waals surface area contributed by atoms with Crippen LogP contribution in [-0.2, 0) is 0 Å². The highest BCUT2D eigenvalue weighted by molar-refractivity contribution is 9.10. The third-order valence-electron chi connectivity index (χ3n) is 3.13. The second-order valence-electron chi connectivity index (χ2n) is 4.92. The van der Waals surface area contributed by atoms with Crippen molar-refractivity contribution in [2.75, 3.05) is 7.05 Å². The minimum absolute atomic E-state index is 0.126. The van der Waals surface area contributed by atoms with Gasteiger partial charge >= 0.3 is 0 Å². The van der Waals surface area contributed by atoms with Crippen molar-refractivity contribution >= 4 is 15.9 Å². The van der Waals surface area contributed by atoms with Crippen LogP contribution in [-0.4, -0.2) is 12.6 Å². The zero-order valence-electron chi connectivity index (χ0n) is 11.3. The van der Waals surface area contributed by atoms with Crippen LogP contribution in [0.3, 0.4) is 0 Å². The molecular weight excluding hydrogens is 278 g/mol. The van der Waals surface area contributed by atoms with E-state index in [4.69, 9.17) is 4.74 Å². The molecule has 96 valence electrons. The topological polar surface area (TPSA) is 21.3 Å². The average Bonchev–Trinajstić information content (AvgIpc) is 2.30. The first-order chi connectivity index (χ1) is 7.89. The number of rotatable bonds is 5. The quantitative estimate of drug-likeness (QED) is 0.875. The fraction of sp³-hybridized carbons (Fsp3) is 0.571. The molecule has 0 fully saturated rings. The second-order valence-corrected chi connectivity index (χ2v) is 5.77. The molecular formula is C14H22BrNO. The minimum atomic E-state index is -0.126. The molecule has 0 spiro atoms. The third kappa shape index (κ3) is 4.00. The Hall–Kier alpha value is -0.540. The van der Waals surface area contributed by atoms with Gasteiger partial charge in [-0.15, -0.1) is 0 Å². The summed E-state index contributed by atoms with van der Waals surface area (Å²) in [4.78, 5) is 0. The van der Waals surface area contributed by atoms with Crippen LogP contribution in [0.15, 0.2) is 22.7 Å². The van der Waals surface area contributed by atoms with Crippen molar-refractivity contribution in [3.05, 3.63) is 28.2 Å². The van der Waals surface area contributed by atoms with Crippen LogP contribution in [0.1, 0.15) is 45.7 Å². The Morgan fingerprint density at radius 2 is 2.06 bits per heavy atom. The predicted octanol–water partition coefficient (Wildman–Crippen LogP) is 4.30. The van der Waals surface area contributed by atoms with Crippen molar-refractivity contribution in [2.24, 2.45) is 0 Å². The molecule has 0 saturated carbocycles. The van der Waals surface area contributed by atoms with Crippen LogP contribution >= 0.6 is 15.9 Å². The zero-order chi connectivity index (χ0) is 13.1. The number of hydrogen-bond acceptors (Lipinski definition) is 2. The van der Waals surface area contributed by atoms with Crippen LogP contribution in [0, 0.1) is 0 Å². The first-order valence-corrected chi connectivity index (χ1v) is 6.84. The van der Waals surface area contributed by atoms with E-state index in [0.717, 1.165) is 16.6 Å². The van der Waals surface area contributed by atoms with Crippen LogP contribution in [0.5, 0.6) is 5.75 Å². The molecule has 1 aromatic rings. The van der Waals surface area contributed by atoms with Crippen molar-refractivity contribution in [2.45, 2.75) is 45.8 Å². The summed E-state index contributed by atoms with van der Waals surface area (Å²) in [5.41, 5.74) is 1.12. The molecule has 1 aromatic carbocycles. The molecule has 2 nitrogen and oxygen atoms in total. The Labute approximate surface area is 113 Å². The van der Waals surface area contributed by atoms with Crippen molar-refractivity contribution in [3.63, 3.8) is 0 Å². The summed E-state index contributed by atoms with van der Waals surface area (Å²) in [5.74, 6) is 0.906. The van der Waals surface area contributed by atoms with Crippen LogP contribution < -0.4 is 10.1 Å². The van der Waals surface area contributed by atoms with E-state index in [-0.39, 0.29) is 5.60 Å². The molecule has 0 aromatic heterocycles. The molecule has 0 bridgehead atoms. The van der Waals surface area contributed by atoms with E-state index >= 15 is 0 Å². The molecule has 1 N–H and O–H groups in total. The van der Waals surface area contributed by atoms with Crippen molar-refractivity contribution in [3.8, 4) is 5.75 Å². The monoisotopic (exact) mass is 299 g/mol. The van der Waals surface area contributed by atoms with Gasteiger partial charge in [0.05, 0.1) is 4.47 Å². The van der Waals surface area contributed by atoms with Crippen molar-refractivity contribution in [1.82, 2.24) is 5.32 Å². The molecule has 0 amide bonds. The Morgan fingerprint density at radius 3 is 2.53 bits per heavy atom. The summed E-state index contributed by atoms with van der Waals surface area (Å²) in [6.45, 7) is 8.47. The molecule has 0 aliphatic carbocycles. The average molecular weight is 300 g/mol. The van der Waals surface area contributed by atoms with Crippen LogP contribution in [0.2, 0.25) is 0 Å². The molecule has 1 rings (SSSR count). The van der Waals surface area contributed by atoms with Gasteiger partial charge in [0.1, 0.15) is 11.4 Å². The van der Waals surface area contributed by atoms with E-state index in [1.807, 2.05) is 13.1 Å². The standard InChI is InChI=1S/C14H22BrNO/c1-6-14(3,4)17-13-8-7-11(9-12(13)15)10(2)16-5/h7-10,16H,6H2,1-5H3. The van der Waals surface area contributed by atoms with E-state index in [9.17, 15) is 0 Å². The van der Waals surface area contributed by atoms with Gasteiger partial charge in [-0.2, -0.15) is 0 Å². The maximum absolute atomic E-state index is 5.98. The summed E-state index contributed by atoms with van der Waals surface area (Å²) in [6, 6.07) is 6.60. The van der Waals surface area contributed by atoms with Gasteiger partial charge in [-0.05, 0) is 67.9 Å². The molecule has 0 aliphatic heterocycles. The maximum Gasteiger partial charge on any atom is 0.134 e. The van der Waals surface area contributed by atoms with Gasteiger partial charge in [0.25, 0.3) is 0 Å². The highest BCUT2D eigenvalue weighted by Crippen LogP contribution is 2.31. The Bertz CT molecular complexity index is 376. The van der Waals surface area contributed by atoms with Crippen LogP contribution in [0.4, 0.5) is 0 Å². The van der Waals surface area contributed by atoms with E-state index in [1.165, 1.54) is 5.56 Å². The molecule has 3 heteroatoms. The van der Waals surface area contributed by atoms with Gasteiger partial charge in [0.2, 0.25) is 0 Å². The van der Waals surface area contributed by atoms with E-state index in [0.29, 0.717) is 6.04 Å². The number of ether oxygens (including phenoxy) is 1. The van der Waals surface area contributed by atoms with Crippen LogP contribution in [0.25, 0.3) is 0 Å². The summed E-state index contributed by atoms with van der Waals surface area (Å²) in [5, 5.41) is 3.23. The summed E-state index contributed by atoms with van der Waals surface area (Å²) in [7, 11) is 1.96. The smallest absolute Gasteiger partial charge is 0.134 e. The van der Waals surface area contributed by atoms with Crippen molar-refractivity contribution < 1.29 is 4.74 Å². The predicted molar refractivity (Wildman–Crippen MR) is 76.6 cm³/mol. The van der Waals surface area contributed by atoms with Gasteiger partial charge in [-0.25, -0.2) is 0 Å². The molecule has 0 radical (unpaired) electrons. The lowest BCUT2D eigenvalue weighted by Gasteiger charge is -2.26. The molecule has 17 heavy (non-hydrogen) atoms. The molecule has 0 heterocycles. The van der Waals surface area contributed by atoms with Crippen molar-refractivity contribution in [1.29, 1.82) is 0 Å². The lowest BCUT2D eigenvalue weighted by atomic mass is 10.1. The fourth-order valence-electron chi connectivity index (χ4n) is 1.41. The second kappa shape index (κ2) is 5.87. The first kappa shape index (κ1) is 14.5. The minimum Gasteiger partial charge on any atom is -0.487 e. The maximum atomic E-state index is 5.98. The normalized spacial score (nSPS) is 13.5. The number of halogens is 1. The summed E-state index contributed by atoms with van der Waals surface area (Å²) in [6.07, 6.45) is 0.980. The zero-order valence-corrected chi connectivity index (χ0v) is 12.9. The first-order valence-electron chi connectivity index (χ1n) is 6.05. The van der Waals surface area contributed by atoms with E-state index in [2.05, 4.69) is 61.1 Å². The molecule has 0 saturated heterocycles. The van der Waals surface area contributed by atoms with Gasteiger partial charge in [-0.1, -0.05) is 13.0 Å². The SMILES string of the molecule is CCC(C)(C)Oc1ccc(C(C)NC)cc1Br. The lowest BCUT2D eigenvalue weighted by Crippen LogP contribution is -2.27. The number of benzene rings is 1.